The molecule has 0 unspecified atom stereocenters. The number of hydrogen-bond donors (Lipinski definition) is 1. The molecule has 2 aromatic heterocycles. The first-order valence-corrected chi connectivity index (χ1v) is 7.99. The summed E-state index contributed by atoms with van der Waals surface area (Å²) >= 11 is 6.37. The van der Waals surface area contributed by atoms with Gasteiger partial charge < -0.3 is 10.3 Å². The van der Waals surface area contributed by atoms with E-state index in [9.17, 15) is 0 Å². The van der Waals surface area contributed by atoms with Gasteiger partial charge in [-0.2, -0.15) is 0 Å². The Morgan fingerprint density at radius 1 is 1.09 bits per heavy atom. The zero-order valence-electron chi connectivity index (χ0n) is 12.2. The molecule has 1 saturated carbocycles. The molecule has 2 N–H and O–H groups in total. The summed E-state index contributed by atoms with van der Waals surface area (Å²) in [6.45, 7) is 0. The van der Waals surface area contributed by atoms with Crippen LogP contribution in [0.5, 0.6) is 0 Å². The number of anilines is 1. The van der Waals surface area contributed by atoms with Crippen LogP contribution in [-0.2, 0) is 0 Å². The van der Waals surface area contributed by atoms with Crippen LogP contribution < -0.4 is 5.73 Å². The maximum atomic E-state index is 6.37. The van der Waals surface area contributed by atoms with Crippen LogP contribution in [0.1, 0.15) is 31.7 Å². The number of aromatic nitrogens is 3. The van der Waals surface area contributed by atoms with Gasteiger partial charge in [-0.1, -0.05) is 36.6 Å². The van der Waals surface area contributed by atoms with Crippen molar-refractivity contribution in [2.75, 3.05) is 5.73 Å². The summed E-state index contributed by atoms with van der Waals surface area (Å²) in [5.41, 5.74) is 9.65. The molecule has 0 bridgehead atoms. The number of nitrogens with two attached hydrogens (primary N) is 1. The van der Waals surface area contributed by atoms with Crippen LogP contribution >= 0.6 is 11.6 Å². The number of nitrogens with zero attached hydrogens (tertiary/aromatic N) is 3. The molecule has 1 aliphatic carbocycles. The molecule has 0 atom stereocenters. The Bertz CT molecular complexity index is 817. The van der Waals surface area contributed by atoms with E-state index in [4.69, 9.17) is 17.3 Å². The number of benzene rings is 1. The Labute approximate surface area is 133 Å². The molecule has 0 saturated heterocycles. The fraction of sp³-hybridized carbons (Fsp3) is 0.294. The normalized spacial score (nSPS) is 15.7. The van der Waals surface area contributed by atoms with Gasteiger partial charge in [0.1, 0.15) is 17.1 Å². The lowest BCUT2D eigenvalue weighted by atomic mass is 10.1. The first-order valence-electron chi connectivity index (χ1n) is 7.61. The molecule has 22 heavy (non-hydrogen) atoms. The van der Waals surface area contributed by atoms with E-state index in [1.807, 2.05) is 24.3 Å². The maximum absolute atomic E-state index is 6.37. The Kier molecular flexibility index (Phi) is 3.26. The van der Waals surface area contributed by atoms with Crippen LogP contribution in [0.15, 0.2) is 36.8 Å². The van der Waals surface area contributed by atoms with Crippen molar-refractivity contribution in [2.45, 2.75) is 31.7 Å². The van der Waals surface area contributed by atoms with E-state index in [0.717, 1.165) is 27.8 Å². The van der Waals surface area contributed by atoms with E-state index in [0.29, 0.717) is 11.2 Å². The van der Waals surface area contributed by atoms with Crippen molar-refractivity contribution in [3.05, 3.63) is 41.9 Å². The zero-order chi connectivity index (χ0) is 15.1. The smallest absolute Gasteiger partial charge is 0.145 e. The summed E-state index contributed by atoms with van der Waals surface area (Å²) < 4.78 is 2.28. The molecule has 1 fully saturated rings. The van der Waals surface area contributed by atoms with Crippen LogP contribution in [0.4, 0.5) is 5.69 Å². The summed E-state index contributed by atoms with van der Waals surface area (Å²) in [7, 11) is 0. The number of halogens is 1. The highest BCUT2D eigenvalue weighted by molar-refractivity contribution is 6.35. The van der Waals surface area contributed by atoms with Gasteiger partial charge in [-0.25, -0.2) is 9.97 Å². The van der Waals surface area contributed by atoms with Gasteiger partial charge in [0.2, 0.25) is 0 Å². The number of fused-ring (bicyclic) bond motifs is 1. The molecule has 0 radical (unpaired) electrons. The van der Waals surface area contributed by atoms with E-state index >= 15 is 0 Å². The minimum absolute atomic E-state index is 0.508. The van der Waals surface area contributed by atoms with Crippen molar-refractivity contribution in [3.63, 3.8) is 0 Å². The molecule has 1 aromatic carbocycles. The Morgan fingerprint density at radius 3 is 2.55 bits per heavy atom. The second-order valence-electron chi connectivity index (χ2n) is 5.87. The molecule has 112 valence electrons. The summed E-state index contributed by atoms with van der Waals surface area (Å²) in [6, 6.07) is 8.37. The predicted octanol–water partition coefficient (Wildman–Crippen LogP) is 4.45. The summed E-state index contributed by atoms with van der Waals surface area (Å²) in [5.74, 6) is 0. The highest BCUT2D eigenvalue weighted by Crippen LogP contribution is 2.39. The number of hydrogen-bond acceptors (Lipinski definition) is 3. The van der Waals surface area contributed by atoms with Crippen LogP contribution in [0.3, 0.4) is 0 Å². The molecule has 2 heterocycles. The monoisotopic (exact) mass is 312 g/mol. The lowest BCUT2D eigenvalue weighted by Gasteiger charge is -2.12. The van der Waals surface area contributed by atoms with E-state index in [2.05, 4.69) is 20.7 Å². The number of nitrogen functional groups attached to an aromatic ring is 1. The first-order chi connectivity index (χ1) is 10.7. The van der Waals surface area contributed by atoms with Gasteiger partial charge >= 0.3 is 0 Å². The third-order valence-electron chi connectivity index (χ3n) is 4.50. The van der Waals surface area contributed by atoms with Crippen LogP contribution in [0, 0.1) is 0 Å². The number of rotatable bonds is 2. The van der Waals surface area contributed by atoms with Gasteiger partial charge in [-0.05, 0) is 30.5 Å². The molecule has 0 amide bonds. The third-order valence-corrected chi connectivity index (χ3v) is 4.79. The van der Waals surface area contributed by atoms with E-state index in [-0.39, 0.29) is 0 Å². The molecule has 4 rings (SSSR count). The largest absolute Gasteiger partial charge is 0.399 e. The van der Waals surface area contributed by atoms with Gasteiger partial charge in [0, 0.05) is 23.5 Å². The second kappa shape index (κ2) is 5.29. The molecular weight excluding hydrogens is 296 g/mol. The summed E-state index contributed by atoms with van der Waals surface area (Å²) in [4.78, 5) is 8.66. The highest BCUT2D eigenvalue weighted by atomic mass is 35.5. The standard InChI is InChI=1S/C17H17ClN4/c18-16-15-14(11-5-7-12(19)8-6-11)9-22(13-3-1-2-4-13)17(15)21-10-20-16/h5-10,13H,1-4,19H2. The molecule has 0 aliphatic heterocycles. The van der Waals surface area contributed by atoms with Crippen LogP contribution in [-0.4, -0.2) is 14.5 Å². The Balaban J connectivity index is 1.95. The molecule has 5 heteroatoms. The van der Waals surface area contributed by atoms with Crippen molar-refractivity contribution in [1.29, 1.82) is 0 Å². The molecule has 1 aliphatic rings. The average Bonchev–Trinajstić information content (AvgIpc) is 3.15. The first kappa shape index (κ1) is 13.6. The van der Waals surface area contributed by atoms with E-state index in [1.165, 1.54) is 25.7 Å². The molecular formula is C17H17ClN4. The van der Waals surface area contributed by atoms with Crippen molar-refractivity contribution in [1.82, 2.24) is 14.5 Å². The third kappa shape index (κ3) is 2.15. The predicted molar refractivity (Wildman–Crippen MR) is 89.9 cm³/mol. The van der Waals surface area contributed by atoms with Gasteiger partial charge in [0.05, 0.1) is 5.39 Å². The lowest BCUT2D eigenvalue weighted by molar-refractivity contribution is 0.532. The van der Waals surface area contributed by atoms with Crippen LogP contribution in [0.2, 0.25) is 5.15 Å². The van der Waals surface area contributed by atoms with Crippen molar-refractivity contribution in [3.8, 4) is 11.1 Å². The lowest BCUT2D eigenvalue weighted by Crippen LogP contribution is -2.03. The summed E-state index contributed by atoms with van der Waals surface area (Å²) in [5, 5.41) is 1.44. The van der Waals surface area contributed by atoms with Crippen LogP contribution in [0.25, 0.3) is 22.2 Å². The Hall–Kier alpha value is -2.07. The van der Waals surface area contributed by atoms with Gasteiger partial charge in [-0.15, -0.1) is 0 Å². The highest BCUT2D eigenvalue weighted by Gasteiger charge is 2.22. The van der Waals surface area contributed by atoms with Gasteiger partial charge in [0.25, 0.3) is 0 Å². The van der Waals surface area contributed by atoms with E-state index in [1.54, 1.807) is 6.33 Å². The molecule has 3 aromatic rings. The quantitative estimate of drug-likeness (QED) is 0.562. The topological polar surface area (TPSA) is 56.7 Å². The molecule has 4 nitrogen and oxygen atoms in total. The molecule has 0 spiro atoms. The van der Waals surface area contributed by atoms with Crippen molar-refractivity contribution >= 4 is 28.3 Å². The van der Waals surface area contributed by atoms with E-state index < -0.39 is 0 Å². The van der Waals surface area contributed by atoms with Crippen molar-refractivity contribution in [2.24, 2.45) is 0 Å². The van der Waals surface area contributed by atoms with Crippen molar-refractivity contribution < 1.29 is 0 Å². The van der Waals surface area contributed by atoms with Gasteiger partial charge in [-0.3, -0.25) is 0 Å². The average molecular weight is 313 g/mol. The minimum Gasteiger partial charge on any atom is -0.399 e. The summed E-state index contributed by atoms with van der Waals surface area (Å²) in [6.07, 6.45) is 8.68. The Morgan fingerprint density at radius 2 is 1.82 bits per heavy atom. The van der Waals surface area contributed by atoms with Gasteiger partial charge in [0.15, 0.2) is 0 Å². The minimum atomic E-state index is 0.508. The zero-order valence-corrected chi connectivity index (χ0v) is 12.9. The SMILES string of the molecule is Nc1ccc(-c2cn(C3CCCC3)c3ncnc(Cl)c23)cc1. The second-order valence-corrected chi connectivity index (χ2v) is 6.23. The fourth-order valence-corrected chi connectivity index (χ4v) is 3.62. The maximum Gasteiger partial charge on any atom is 0.145 e. The fourth-order valence-electron chi connectivity index (χ4n) is 3.39.